The third-order valence-corrected chi connectivity index (χ3v) is 7.03. The molecule has 1 saturated heterocycles. The van der Waals surface area contributed by atoms with Gasteiger partial charge in [0, 0.05) is 18.1 Å². The number of halogens is 1. The quantitative estimate of drug-likeness (QED) is 0.581. The Morgan fingerprint density at radius 1 is 1.27 bits per heavy atom. The Labute approximate surface area is 181 Å². The van der Waals surface area contributed by atoms with Crippen molar-refractivity contribution in [2.75, 3.05) is 32.5 Å². The van der Waals surface area contributed by atoms with Crippen LogP contribution in [0, 0.1) is 0 Å². The molecule has 1 aliphatic rings. The lowest BCUT2D eigenvalue weighted by Crippen LogP contribution is -2.48. The van der Waals surface area contributed by atoms with Crippen molar-refractivity contribution in [1.82, 2.24) is 24.2 Å². The Bertz CT molecular complexity index is 964. The Kier molecular flexibility index (Phi) is 7.45. The zero-order valence-electron chi connectivity index (χ0n) is 17.1. The zero-order valence-corrected chi connectivity index (χ0v) is 18.6. The highest BCUT2D eigenvalue weighted by Gasteiger charge is 2.40. The number of nitrogens with zero attached hydrogens (tertiary/aromatic N) is 5. The number of ether oxygens (including phenoxy) is 1. The van der Waals surface area contributed by atoms with Gasteiger partial charge in [0.05, 0.1) is 37.8 Å². The summed E-state index contributed by atoms with van der Waals surface area (Å²) in [5.74, 6) is -0.630. The monoisotopic (exact) mass is 455 g/mol. The van der Waals surface area contributed by atoms with E-state index in [0.29, 0.717) is 36.9 Å². The van der Waals surface area contributed by atoms with Crippen LogP contribution in [0.1, 0.15) is 24.6 Å². The van der Waals surface area contributed by atoms with Crippen molar-refractivity contribution in [3.05, 3.63) is 46.7 Å². The van der Waals surface area contributed by atoms with Gasteiger partial charge in [0.25, 0.3) is 0 Å². The molecule has 1 aromatic carbocycles. The molecule has 2 heterocycles. The molecule has 0 bridgehead atoms. The first-order valence-electron chi connectivity index (χ1n) is 9.75. The Morgan fingerprint density at radius 3 is 2.67 bits per heavy atom. The van der Waals surface area contributed by atoms with E-state index >= 15 is 0 Å². The van der Waals surface area contributed by atoms with Crippen LogP contribution in [0.5, 0.6) is 0 Å². The lowest BCUT2D eigenvalue weighted by atomic mass is 10.2. The number of esters is 1. The van der Waals surface area contributed by atoms with Gasteiger partial charge in [-0.25, -0.2) is 13.1 Å². The molecular weight excluding hydrogens is 430 g/mol. The minimum atomic E-state index is -3.67. The van der Waals surface area contributed by atoms with Crippen molar-refractivity contribution < 1.29 is 17.9 Å². The highest BCUT2D eigenvalue weighted by atomic mass is 35.5. The summed E-state index contributed by atoms with van der Waals surface area (Å²) in [7, 11) is -2.40. The Hall–Kier alpha value is -2.01. The van der Waals surface area contributed by atoms with E-state index in [2.05, 4.69) is 10.3 Å². The summed E-state index contributed by atoms with van der Waals surface area (Å²) in [5, 5.41) is 8.85. The number of aromatic nitrogens is 3. The number of hydrogen-bond donors (Lipinski definition) is 0. The predicted octanol–water partition coefficient (Wildman–Crippen LogP) is 1.38. The summed E-state index contributed by atoms with van der Waals surface area (Å²) >= 11 is 5.91. The average Bonchev–Trinajstić information content (AvgIpc) is 3.11. The van der Waals surface area contributed by atoms with Crippen LogP contribution in [0.4, 0.5) is 0 Å². The van der Waals surface area contributed by atoms with Gasteiger partial charge < -0.3 is 9.64 Å². The van der Waals surface area contributed by atoms with E-state index < -0.39 is 22.0 Å². The standard InChI is InChI=1S/C19H26ClN5O4S/c1-3-8-23-9-10-30(27,28)25(18(14-23)19(26)29-2)13-17-12-24(22-21-17)11-15-4-6-16(20)7-5-15/h4-7,12,18H,3,8-11,13-14H2,1-2H3. The molecule has 9 nitrogen and oxygen atoms in total. The van der Waals surface area contributed by atoms with Crippen LogP contribution in [0.3, 0.4) is 0 Å². The summed E-state index contributed by atoms with van der Waals surface area (Å²) in [5.41, 5.74) is 1.45. The van der Waals surface area contributed by atoms with Gasteiger partial charge in [-0.15, -0.1) is 5.10 Å². The third-order valence-electron chi connectivity index (χ3n) is 4.98. The van der Waals surface area contributed by atoms with E-state index in [-0.39, 0.29) is 12.3 Å². The first-order valence-corrected chi connectivity index (χ1v) is 11.7. The summed E-state index contributed by atoms with van der Waals surface area (Å²) in [4.78, 5) is 14.4. The van der Waals surface area contributed by atoms with Crippen LogP contribution in [0.25, 0.3) is 0 Å². The molecule has 1 atom stereocenters. The topological polar surface area (TPSA) is 97.6 Å². The molecule has 1 fully saturated rings. The number of methoxy groups -OCH3 is 1. The van der Waals surface area contributed by atoms with E-state index in [9.17, 15) is 13.2 Å². The van der Waals surface area contributed by atoms with Crippen LogP contribution in [0.2, 0.25) is 5.02 Å². The van der Waals surface area contributed by atoms with Gasteiger partial charge in [-0.1, -0.05) is 35.9 Å². The number of rotatable bonds is 7. The van der Waals surface area contributed by atoms with Crippen molar-refractivity contribution in [3.8, 4) is 0 Å². The van der Waals surface area contributed by atoms with Crippen LogP contribution in [-0.4, -0.2) is 77.1 Å². The van der Waals surface area contributed by atoms with Crippen molar-refractivity contribution in [2.24, 2.45) is 0 Å². The second-order valence-corrected chi connectivity index (χ2v) is 9.71. The van der Waals surface area contributed by atoms with Gasteiger partial charge in [0.2, 0.25) is 10.0 Å². The second kappa shape index (κ2) is 9.86. The summed E-state index contributed by atoms with van der Waals surface area (Å²) in [6, 6.07) is 6.44. The molecule has 2 aromatic rings. The van der Waals surface area contributed by atoms with Gasteiger partial charge >= 0.3 is 5.97 Å². The van der Waals surface area contributed by atoms with E-state index in [0.717, 1.165) is 12.0 Å². The third kappa shape index (κ3) is 5.57. The van der Waals surface area contributed by atoms with Crippen molar-refractivity contribution >= 4 is 27.6 Å². The van der Waals surface area contributed by atoms with Crippen molar-refractivity contribution in [2.45, 2.75) is 32.5 Å². The van der Waals surface area contributed by atoms with Gasteiger partial charge in [-0.2, -0.15) is 4.31 Å². The maximum atomic E-state index is 12.9. The van der Waals surface area contributed by atoms with Crippen LogP contribution < -0.4 is 0 Å². The number of carbonyl (C=O) groups is 1. The molecule has 1 aliphatic heterocycles. The predicted molar refractivity (Wildman–Crippen MR) is 112 cm³/mol. The fourth-order valence-electron chi connectivity index (χ4n) is 3.46. The minimum absolute atomic E-state index is 0.0390. The average molecular weight is 456 g/mol. The molecule has 0 aliphatic carbocycles. The van der Waals surface area contributed by atoms with E-state index in [4.69, 9.17) is 16.3 Å². The number of sulfonamides is 1. The highest BCUT2D eigenvalue weighted by molar-refractivity contribution is 7.89. The van der Waals surface area contributed by atoms with Gasteiger partial charge in [-0.3, -0.25) is 4.79 Å². The number of hydrogen-bond acceptors (Lipinski definition) is 7. The molecule has 0 N–H and O–H groups in total. The fourth-order valence-corrected chi connectivity index (χ4v) is 5.18. The van der Waals surface area contributed by atoms with E-state index in [1.165, 1.54) is 11.4 Å². The molecular formula is C19H26ClN5O4S. The largest absolute Gasteiger partial charge is 0.468 e. The maximum absolute atomic E-state index is 12.9. The molecule has 0 amide bonds. The molecule has 11 heteroatoms. The Balaban J connectivity index is 1.80. The molecule has 3 rings (SSSR count). The molecule has 30 heavy (non-hydrogen) atoms. The number of carbonyl (C=O) groups excluding carboxylic acids is 1. The smallest absolute Gasteiger partial charge is 0.325 e. The normalized spacial score (nSPS) is 20.0. The molecule has 1 unspecified atom stereocenters. The van der Waals surface area contributed by atoms with Gasteiger partial charge in [-0.05, 0) is 30.7 Å². The molecule has 0 radical (unpaired) electrons. The van der Waals surface area contributed by atoms with E-state index in [1.54, 1.807) is 23.0 Å². The first-order chi connectivity index (χ1) is 14.3. The molecule has 164 valence electrons. The Morgan fingerprint density at radius 2 is 2.00 bits per heavy atom. The van der Waals surface area contributed by atoms with Crippen molar-refractivity contribution in [1.29, 1.82) is 0 Å². The lowest BCUT2D eigenvalue weighted by Gasteiger charge is -2.27. The first kappa shape index (κ1) is 22.7. The maximum Gasteiger partial charge on any atom is 0.325 e. The van der Waals surface area contributed by atoms with Gasteiger partial charge in [0.1, 0.15) is 6.04 Å². The lowest BCUT2D eigenvalue weighted by molar-refractivity contribution is -0.145. The molecule has 0 saturated carbocycles. The van der Waals surface area contributed by atoms with E-state index in [1.807, 2.05) is 24.0 Å². The SMILES string of the molecule is CCCN1CCS(=O)(=O)N(Cc2cn(Cc3ccc(Cl)cc3)nn2)C(C(=O)OC)C1. The number of benzene rings is 1. The van der Waals surface area contributed by atoms with Crippen LogP contribution in [0.15, 0.2) is 30.5 Å². The van der Waals surface area contributed by atoms with Gasteiger partial charge in [0.15, 0.2) is 0 Å². The molecule has 1 aromatic heterocycles. The van der Waals surface area contributed by atoms with Crippen LogP contribution in [-0.2, 0) is 32.6 Å². The second-order valence-electron chi connectivity index (χ2n) is 7.23. The highest BCUT2D eigenvalue weighted by Crippen LogP contribution is 2.19. The molecule has 0 spiro atoms. The minimum Gasteiger partial charge on any atom is -0.468 e. The fraction of sp³-hybridized carbons (Fsp3) is 0.526. The van der Waals surface area contributed by atoms with Crippen molar-refractivity contribution in [3.63, 3.8) is 0 Å². The summed E-state index contributed by atoms with van der Waals surface area (Å²) in [6.07, 6.45) is 2.56. The summed E-state index contributed by atoms with van der Waals surface area (Å²) in [6.45, 7) is 3.84. The van der Waals surface area contributed by atoms with Crippen LogP contribution >= 0.6 is 11.6 Å². The summed E-state index contributed by atoms with van der Waals surface area (Å²) < 4.78 is 33.6. The zero-order chi connectivity index (χ0) is 21.7.